The highest BCUT2D eigenvalue weighted by molar-refractivity contribution is 6.31. The molecule has 0 radical (unpaired) electrons. The molecule has 1 saturated heterocycles. The molecule has 7 heteroatoms. The number of aliphatic hydroxyl groups excluding tert-OH is 1. The van der Waals surface area contributed by atoms with E-state index in [2.05, 4.69) is 0 Å². The van der Waals surface area contributed by atoms with Crippen LogP contribution in [0.15, 0.2) is 24.3 Å². The molecule has 2 fully saturated rings. The summed E-state index contributed by atoms with van der Waals surface area (Å²) in [5.74, 6) is -1.87. The van der Waals surface area contributed by atoms with Crippen LogP contribution in [0.4, 0.5) is 0 Å². The van der Waals surface area contributed by atoms with Crippen LogP contribution in [0.3, 0.4) is 0 Å². The van der Waals surface area contributed by atoms with Crippen LogP contribution in [0.25, 0.3) is 0 Å². The second kappa shape index (κ2) is 4.96. The van der Waals surface area contributed by atoms with Crippen molar-refractivity contribution in [2.75, 3.05) is 6.61 Å². The highest BCUT2D eigenvalue weighted by Gasteiger charge is 2.67. The van der Waals surface area contributed by atoms with E-state index >= 15 is 0 Å². The fourth-order valence-corrected chi connectivity index (χ4v) is 3.80. The lowest BCUT2D eigenvalue weighted by atomic mass is 9.62. The molecule has 0 spiro atoms. The topological polar surface area (TPSA) is 89.7 Å². The van der Waals surface area contributed by atoms with E-state index in [1.54, 1.807) is 24.3 Å². The Kier molecular flexibility index (Phi) is 3.37. The highest BCUT2D eigenvalue weighted by atomic mass is 35.5. The first-order chi connectivity index (χ1) is 9.98. The van der Waals surface area contributed by atoms with Crippen molar-refractivity contribution in [3.63, 3.8) is 0 Å². The fourth-order valence-electron chi connectivity index (χ4n) is 3.54. The summed E-state index contributed by atoms with van der Waals surface area (Å²) in [4.78, 5) is 23.2. The number of esters is 1. The van der Waals surface area contributed by atoms with Gasteiger partial charge in [0, 0.05) is 9.95 Å². The molecule has 2 bridgehead atoms. The summed E-state index contributed by atoms with van der Waals surface area (Å²) in [5.41, 5.74) is -1.20. The van der Waals surface area contributed by atoms with Crippen LogP contribution in [-0.2, 0) is 9.53 Å². The first-order valence-electron chi connectivity index (χ1n) is 6.72. The first kappa shape index (κ1) is 14.3. The van der Waals surface area contributed by atoms with Gasteiger partial charge in [0.05, 0.1) is 11.8 Å². The van der Waals surface area contributed by atoms with Crippen molar-refractivity contribution in [2.24, 2.45) is 5.92 Å². The first-order valence-corrected chi connectivity index (χ1v) is 7.10. The van der Waals surface area contributed by atoms with Gasteiger partial charge >= 0.3 is 5.97 Å². The molecule has 0 amide bonds. The van der Waals surface area contributed by atoms with E-state index in [0.29, 0.717) is 17.0 Å². The van der Waals surface area contributed by atoms with Gasteiger partial charge in [0.1, 0.15) is 6.10 Å². The summed E-state index contributed by atoms with van der Waals surface area (Å²) in [5, 5.41) is 22.3. The smallest absolute Gasteiger partial charge is 0.310 e. The summed E-state index contributed by atoms with van der Waals surface area (Å²) < 4.78 is 4.99. The van der Waals surface area contributed by atoms with Crippen molar-refractivity contribution < 1.29 is 19.6 Å². The van der Waals surface area contributed by atoms with Gasteiger partial charge in [0.2, 0.25) is 0 Å². The Morgan fingerprint density at radius 3 is 2.76 bits per heavy atom. The molecule has 2 aliphatic rings. The molecule has 1 aliphatic heterocycles. The lowest BCUT2D eigenvalue weighted by Crippen LogP contribution is -2.65. The monoisotopic (exact) mass is 311 g/mol. The molecule has 1 aliphatic carbocycles. The zero-order valence-corrected chi connectivity index (χ0v) is 11.8. The SMILES string of the molecule is O=C1OC[C@]2([N+](=O)[O-])C(c3ccccc3Cl)[C@@H]1CC[C@@H]2O. The predicted octanol–water partition coefficient (Wildman–Crippen LogP) is 1.77. The summed E-state index contributed by atoms with van der Waals surface area (Å²) in [6, 6.07) is 6.75. The minimum Gasteiger partial charge on any atom is -0.458 e. The number of hydrogen-bond donors (Lipinski definition) is 1. The van der Waals surface area contributed by atoms with E-state index in [1.165, 1.54) is 0 Å². The van der Waals surface area contributed by atoms with E-state index in [-0.39, 0.29) is 6.42 Å². The molecule has 1 unspecified atom stereocenters. The lowest BCUT2D eigenvalue weighted by molar-refractivity contribution is -0.599. The summed E-state index contributed by atoms with van der Waals surface area (Å²) >= 11 is 6.18. The van der Waals surface area contributed by atoms with E-state index in [4.69, 9.17) is 16.3 Å². The van der Waals surface area contributed by atoms with Gasteiger partial charge in [-0.2, -0.15) is 0 Å². The number of rotatable bonds is 2. The maximum absolute atomic E-state index is 12.0. The average molecular weight is 312 g/mol. The minimum atomic E-state index is -1.72. The fraction of sp³-hybridized carbons (Fsp3) is 0.500. The van der Waals surface area contributed by atoms with Gasteiger partial charge in [-0.25, -0.2) is 0 Å². The summed E-state index contributed by atoms with van der Waals surface area (Å²) in [6.07, 6.45) is -0.606. The molecule has 0 aromatic heterocycles. The molecule has 1 heterocycles. The van der Waals surface area contributed by atoms with Crippen LogP contribution >= 0.6 is 11.6 Å². The van der Waals surface area contributed by atoms with Gasteiger partial charge in [-0.15, -0.1) is 0 Å². The average Bonchev–Trinajstić information content (AvgIpc) is 2.45. The van der Waals surface area contributed by atoms with Crippen molar-refractivity contribution in [3.05, 3.63) is 45.0 Å². The number of nitro groups is 1. The van der Waals surface area contributed by atoms with Gasteiger partial charge in [0.25, 0.3) is 5.54 Å². The van der Waals surface area contributed by atoms with E-state index in [1.807, 2.05) is 0 Å². The second-order valence-corrected chi connectivity index (χ2v) is 5.96. The Hall–Kier alpha value is -1.66. The minimum absolute atomic E-state index is 0.210. The third-order valence-corrected chi connectivity index (χ3v) is 4.94. The number of hydrogen-bond acceptors (Lipinski definition) is 5. The van der Waals surface area contributed by atoms with Gasteiger partial charge < -0.3 is 9.84 Å². The van der Waals surface area contributed by atoms with Crippen LogP contribution < -0.4 is 0 Å². The van der Waals surface area contributed by atoms with E-state index in [0.717, 1.165) is 0 Å². The molecule has 1 N–H and O–H groups in total. The zero-order valence-electron chi connectivity index (χ0n) is 11.1. The van der Waals surface area contributed by atoms with Crippen LogP contribution in [0, 0.1) is 16.0 Å². The van der Waals surface area contributed by atoms with E-state index < -0.39 is 41.0 Å². The largest absolute Gasteiger partial charge is 0.458 e. The molecular formula is C14H14ClNO5. The number of carbonyl (C=O) groups is 1. The highest BCUT2D eigenvalue weighted by Crippen LogP contribution is 2.51. The molecule has 21 heavy (non-hydrogen) atoms. The Morgan fingerprint density at radius 2 is 2.10 bits per heavy atom. The van der Waals surface area contributed by atoms with Gasteiger partial charge in [-0.1, -0.05) is 29.8 Å². The maximum Gasteiger partial charge on any atom is 0.310 e. The van der Waals surface area contributed by atoms with Crippen LogP contribution in [0.1, 0.15) is 24.3 Å². The predicted molar refractivity (Wildman–Crippen MR) is 73.6 cm³/mol. The number of carbonyl (C=O) groups excluding carboxylic acids is 1. The number of cyclic esters (lactones) is 1. The van der Waals surface area contributed by atoms with Crippen LogP contribution in [0.2, 0.25) is 5.02 Å². The Morgan fingerprint density at radius 1 is 1.38 bits per heavy atom. The Balaban J connectivity index is 2.19. The number of aliphatic hydroxyl groups is 1. The van der Waals surface area contributed by atoms with Crippen molar-refractivity contribution in [1.82, 2.24) is 0 Å². The van der Waals surface area contributed by atoms with Crippen molar-refractivity contribution >= 4 is 17.6 Å². The molecule has 112 valence electrons. The van der Waals surface area contributed by atoms with Gasteiger partial charge in [-0.3, -0.25) is 14.9 Å². The number of ether oxygens (including phenoxy) is 1. The number of nitrogens with zero attached hydrogens (tertiary/aromatic N) is 1. The molecule has 1 saturated carbocycles. The molecular weight excluding hydrogens is 298 g/mol. The van der Waals surface area contributed by atoms with Crippen molar-refractivity contribution in [1.29, 1.82) is 0 Å². The molecule has 1 aromatic rings. The third kappa shape index (κ3) is 1.93. The van der Waals surface area contributed by atoms with Crippen molar-refractivity contribution in [2.45, 2.75) is 30.4 Å². The van der Waals surface area contributed by atoms with Gasteiger partial charge in [0.15, 0.2) is 6.61 Å². The standard InChI is InChI=1S/C14H14ClNO5/c15-10-4-2-1-3-8(10)12-9-5-6-11(17)14(12,16(19)20)7-21-13(9)18/h1-4,9,11-12,17H,5-7H2/t9-,11-,12?,14+/m0/s1. The summed E-state index contributed by atoms with van der Waals surface area (Å²) in [6.45, 7) is -0.424. The Labute approximate surface area is 125 Å². The number of benzene rings is 1. The summed E-state index contributed by atoms with van der Waals surface area (Å²) in [7, 11) is 0. The van der Waals surface area contributed by atoms with E-state index in [9.17, 15) is 20.0 Å². The van der Waals surface area contributed by atoms with Crippen molar-refractivity contribution in [3.8, 4) is 0 Å². The molecule has 6 nitrogen and oxygen atoms in total. The second-order valence-electron chi connectivity index (χ2n) is 5.55. The molecule has 3 rings (SSSR count). The third-order valence-electron chi connectivity index (χ3n) is 4.60. The lowest BCUT2D eigenvalue weighted by Gasteiger charge is -2.46. The zero-order chi connectivity index (χ0) is 15.2. The van der Waals surface area contributed by atoms with Gasteiger partial charge in [-0.05, 0) is 24.5 Å². The normalized spacial score (nSPS) is 35.1. The molecule has 1 aromatic carbocycles. The molecule has 4 atom stereocenters. The number of halogens is 1. The quantitative estimate of drug-likeness (QED) is 0.511. The Bertz CT molecular complexity index is 607. The van der Waals surface area contributed by atoms with Crippen LogP contribution in [0.5, 0.6) is 0 Å². The van der Waals surface area contributed by atoms with Crippen LogP contribution in [-0.4, -0.2) is 34.2 Å². The maximum atomic E-state index is 12.0. The number of fused-ring (bicyclic) bond motifs is 2.